The third-order valence-corrected chi connectivity index (χ3v) is 3.60. The molecule has 1 N–H and O–H groups in total. The summed E-state index contributed by atoms with van der Waals surface area (Å²) in [5.74, 6) is 1.96. The number of hydrogen-bond acceptors (Lipinski definition) is 4. The van der Waals surface area contributed by atoms with Crippen LogP contribution in [0.25, 0.3) is 0 Å². The number of aryl methyl sites for hydroxylation is 2. The second-order valence-corrected chi connectivity index (χ2v) is 4.97. The highest BCUT2D eigenvalue weighted by Crippen LogP contribution is 2.10. The first-order valence-electron chi connectivity index (χ1n) is 5.97. The van der Waals surface area contributed by atoms with Gasteiger partial charge in [-0.15, -0.1) is 11.3 Å². The largest absolute Gasteiger partial charge is 0.465 e. The van der Waals surface area contributed by atoms with Crippen LogP contribution in [0.5, 0.6) is 0 Å². The smallest absolute Gasteiger partial charge is 0.117 e. The molecule has 0 aliphatic carbocycles. The second kappa shape index (κ2) is 5.98. The fourth-order valence-corrected chi connectivity index (χ4v) is 2.41. The Kier molecular flexibility index (Phi) is 4.34. The minimum absolute atomic E-state index is 0.790. The Morgan fingerprint density at radius 3 is 2.94 bits per heavy atom. The Balaban J connectivity index is 1.69. The summed E-state index contributed by atoms with van der Waals surface area (Å²) in [6, 6.07) is 4.01. The molecular formula is C13H18N2OS. The molecule has 3 nitrogen and oxygen atoms in total. The third-order valence-electron chi connectivity index (χ3n) is 2.55. The van der Waals surface area contributed by atoms with E-state index < -0.39 is 0 Å². The molecule has 0 aliphatic rings. The number of rotatable bonds is 6. The van der Waals surface area contributed by atoms with E-state index in [0.29, 0.717) is 0 Å². The van der Waals surface area contributed by atoms with E-state index in [4.69, 9.17) is 4.42 Å². The van der Waals surface area contributed by atoms with E-state index >= 15 is 0 Å². The van der Waals surface area contributed by atoms with Gasteiger partial charge >= 0.3 is 0 Å². The summed E-state index contributed by atoms with van der Waals surface area (Å²) in [6.45, 7) is 5.83. The number of hydrogen-bond donors (Lipinski definition) is 1. The van der Waals surface area contributed by atoms with Crippen molar-refractivity contribution in [2.75, 3.05) is 6.54 Å². The van der Waals surface area contributed by atoms with Gasteiger partial charge in [0.05, 0.1) is 17.2 Å². The standard InChI is InChI=1S/C13H18N2OS/c1-3-13-15-11(9-17-13)6-7-14-8-12-5-4-10(2)16-12/h4-5,9,14H,3,6-8H2,1-2H3. The molecule has 2 heterocycles. The van der Waals surface area contributed by atoms with Gasteiger partial charge in [0, 0.05) is 18.3 Å². The lowest BCUT2D eigenvalue weighted by molar-refractivity contribution is 0.462. The summed E-state index contributed by atoms with van der Waals surface area (Å²) in [5, 5.41) is 6.74. The van der Waals surface area contributed by atoms with E-state index in [1.165, 1.54) is 10.7 Å². The summed E-state index contributed by atoms with van der Waals surface area (Å²) < 4.78 is 5.48. The van der Waals surface area contributed by atoms with Crippen molar-refractivity contribution in [1.82, 2.24) is 10.3 Å². The molecule has 0 spiro atoms. The van der Waals surface area contributed by atoms with Crippen LogP contribution in [0.1, 0.15) is 29.1 Å². The van der Waals surface area contributed by atoms with Crippen LogP contribution in [0.3, 0.4) is 0 Å². The van der Waals surface area contributed by atoms with Crippen molar-refractivity contribution in [3.8, 4) is 0 Å². The van der Waals surface area contributed by atoms with E-state index in [1.807, 2.05) is 19.1 Å². The molecule has 0 unspecified atom stereocenters. The molecule has 0 atom stereocenters. The van der Waals surface area contributed by atoms with Gasteiger partial charge in [-0.05, 0) is 25.5 Å². The highest BCUT2D eigenvalue weighted by atomic mass is 32.1. The maximum Gasteiger partial charge on any atom is 0.117 e. The fraction of sp³-hybridized carbons (Fsp3) is 0.462. The predicted octanol–water partition coefficient (Wildman–Crippen LogP) is 2.94. The van der Waals surface area contributed by atoms with Crippen LogP contribution in [-0.4, -0.2) is 11.5 Å². The highest BCUT2D eigenvalue weighted by molar-refractivity contribution is 7.09. The van der Waals surface area contributed by atoms with Crippen LogP contribution in [0, 0.1) is 6.92 Å². The summed E-state index contributed by atoms with van der Waals surface area (Å²) in [4.78, 5) is 4.53. The molecular weight excluding hydrogens is 232 g/mol. The lowest BCUT2D eigenvalue weighted by Crippen LogP contribution is -2.16. The first-order valence-corrected chi connectivity index (χ1v) is 6.85. The van der Waals surface area contributed by atoms with Gasteiger partial charge in [0.2, 0.25) is 0 Å². The van der Waals surface area contributed by atoms with E-state index in [0.717, 1.165) is 37.5 Å². The van der Waals surface area contributed by atoms with E-state index in [2.05, 4.69) is 22.6 Å². The third kappa shape index (κ3) is 3.68. The van der Waals surface area contributed by atoms with Gasteiger partial charge in [-0.1, -0.05) is 6.92 Å². The van der Waals surface area contributed by atoms with Crippen LogP contribution in [0.15, 0.2) is 21.9 Å². The van der Waals surface area contributed by atoms with Crippen LogP contribution in [-0.2, 0) is 19.4 Å². The second-order valence-electron chi connectivity index (χ2n) is 4.03. The topological polar surface area (TPSA) is 38.1 Å². The Morgan fingerprint density at radius 1 is 1.41 bits per heavy atom. The van der Waals surface area contributed by atoms with Crippen LogP contribution >= 0.6 is 11.3 Å². The molecule has 0 amide bonds. The zero-order valence-corrected chi connectivity index (χ0v) is 11.1. The molecule has 0 saturated carbocycles. The normalized spacial score (nSPS) is 10.9. The van der Waals surface area contributed by atoms with Crippen molar-refractivity contribution in [3.63, 3.8) is 0 Å². The van der Waals surface area contributed by atoms with Crippen LogP contribution in [0.4, 0.5) is 0 Å². The van der Waals surface area contributed by atoms with Crippen molar-refractivity contribution >= 4 is 11.3 Å². The van der Waals surface area contributed by atoms with E-state index in [-0.39, 0.29) is 0 Å². The van der Waals surface area contributed by atoms with Gasteiger partial charge in [-0.25, -0.2) is 4.98 Å². The van der Waals surface area contributed by atoms with Gasteiger partial charge < -0.3 is 9.73 Å². The molecule has 2 aromatic heterocycles. The fourth-order valence-electron chi connectivity index (χ4n) is 1.63. The molecule has 4 heteroatoms. The summed E-state index contributed by atoms with van der Waals surface area (Å²) in [6.07, 6.45) is 2.01. The first kappa shape index (κ1) is 12.3. The van der Waals surface area contributed by atoms with Gasteiger partial charge in [-0.2, -0.15) is 0 Å². The summed E-state index contributed by atoms with van der Waals surface area (Å²) in [7, 11) is 0. The van der Waals surface area contributed by atoms with Gasteiger partial charge in [0.1, 0.15) is 11.5 Å². The van der Waals surface area contributed by atoms with E-state index in [1.54, 1.807) is 11.3 Å². The molecule has 0 saturated heterocycles. The van der Waals surface area contributed by atoms with Crippen LogP contribution < -0.4 is 5.32 Å². The maximum atomic E-state index is 5.48. The lowest BCUT2D eigenvalue weighted by atomic mass is 10.3. The first-order chi connectivity index (χ1) is 8.28. The van der Waals surface area contributed by atoms with Gasteiger partial charge in [0.25, 0.3) is 0 Å². The van der Waals surface area contributed by atoms with Crippen molar-refractivity contribution < 1.29 is 4.42 Å². The number of furan rings is 1. The molecule has 2 aromatic rings. The Labute approximate surface area is 106 Å². The van der Waals surface area contributed by atoms with Crippen molar-refractivity contribution in [1.29, 1.82) is 0 Å². The molecule has 2 rings (SSSR count). The van der Waals surface area contributed by atoms with Gasteiger partial charge in [0.15, 0.2) is 0 Å². The SMILES string of the molecule is CCc1nc(CCNCc2ccc(C)o2)cs1. The molecule has 0 aliphatic heterocycles. The monoisotopic (exact) mass is 250 g/mol. The van der Waals surface area contributed by atoms with Gasteiger partial charge in [-0.3, -0.25) is 0 Å². The average molecular weight is 250 g/mol. The summed E-state index contributed by atoms with van der Waals surface area (Å²) in [5.41, 5.74) is 1.19. The average Bonchev–Trinajstić information content (AvgIpc) is 2.93. The Bertz CT molecular complexity index is 461. The molecule has 92 valence electrons. The van der Waals surface area contributed by atoms with Crippen LogP contribution in [0.2, 0.25) is 0 Å². The molecule has 0 aromatic carbocycles. The molecule has 0 radical (unpaired) electrons. The van der Waals surface area contributed by atoms with Crippen molar-refractivity contribution in [3.05, 3.63) is 39.7 Å². The predicted molar refractivity (Wildman–Crippen MR) is 70.3 cm³/mol. The number of nitrogens with one attached hydrogen (secondary N) is 1. The van der Waals surface area contributed by atoms with Crippen molar-refractivity contribution in [2.45, 2.75) is 33.2 Å². The minimum atomic E-state index is 0.790. The molecule has 0 fully saturated rings. The zero-order valence-electron chi connectivity index (χ0n) is 10.3. The quantitative estimate of drug-likeness (QED) is 0.801. The number of thiazole rings is 1. The Hall–Kier alpha value is -1.13. The number of nitrogens with zero attached hydrogens (tertiary/aromatic N) is 1. The Morgan fingerprint density at radius 2 is 2.29 bits per heavy atom. The number of aromatic nitrogens is 1. The molecule has 17 heavy (non-hydrogen) atoms. The summed E-state index contributed by atoms with van der Waals surface area (Å²) >= 11 is 1.75. The minimum Gasteiger partial charge on any atom is -0.465 e. The highest BCUT2D eigenvalue weighted by Gasteiger charge is 2.01. The lowest BCUT2D eigenvalue weighted by Gasteiger charge is -2.00. The van der Waals surface area contributed by atoms with E-state index in [9.17, 15) is 0 Å². The zero-order chi connectivity index (χ0) is 12.1. The van der Waals surface area contributed by atoms with Crippen molar-refractivity contribution in [2.24, 2.45) is 0 Å². The molecule has 0 bridgehead atoms. The maximum absolute atomic E-state index is 5.48.